The highest BCUT2D eigenvalue weighted by Crippen LogP contribution is 2.39. The number of ether oxygens (including phenoxy) is 2. The van der Waals surface area contributed by atoms with Crippen LogP contribution in [0.3, 0.4) is 0 Å². The summed E-state index contributed by atoms with van der Waals surface area (Å²) >= 11 is 6.01. The third-order valence-electron chi connectivity index (χ3n) is 5.86. The predicted molar refractivity (Wildman–Crippen MR) is 107 cm³/mol. The number of carbonyl (C=O) groups is 1. The summed E-state index contributed by atoms with van der Waals surface area (Å²) in [4.78, 5) is 14.6. The van der Waals surface area contributed by atoms with E-state index in [1.807, 2.05) is 0 Å². The van der Waals surface area contributed by atoms with Crippen molar-refractivity contribution in [2.75, 3.05) is 20.2 Å². The van der Waals surface area contributed by atoms with Crippen LogP contribution in [0.15, 0.2) is 42.5 Å². The van der Waals surface area contributed by atoms with E-state index >= 15 is 0 Å². The number of nitrogens with zero attached hydrogens (tertiary/aromatic N) is 1. The van der Waals surface area contributed by atoms with Crippen LogP contribution in [0.4, 0.5) is 4.39 Å². The molecule has 1 saturated carbocycles. The van der Waals surface area contributed by atoms with Crippen molar-refractivity contribution in [3.8, 4) is 11.5 Å². The maximum Gasteiger partial charge on any atom is 0.260 e. The standard InChI is InChI=1S/C22H23ClFNO4/c1-28-19-7-3-6-17(24)21(19)22(27)25-11-13-8-18(26)20(9-14(13)12-25)29-16-5-2-4-15(23)10-16/h2-7,10,13-14,18,20,26H,8-9,11-12H2,1H3/t13-,14+,18+,20+/m0/s1. The molecular weight excluding hydrogens is 397 g/mol. The zero-order valence-electron chi connectivity index (χ0n) is 16.1. The van der Waals surface area contributed by atoms with Gasteiger partial charge in [0.2, 0.25) is 0 Å². The molecule has 7 heteroatoms. The Labute approximate surface area is 174 Å². The highest BCUT2D eigenvalue weighted by molar-refractivity contribution is 6.30. The summed E-state index contributed by atoms with van der Waals surface area (Å²) in [5.41, 5.74) is -0.0408. The number of benzene rings is 2. The summed E-state index contributed by atoms with van der Waals surface area (Å²) < 4.78 is 25.5. The maximum absolute atomic E-state index is 14.3. The van der Waals surface area contributed by atoms with E-state index < -0.39 is 11.9 Å². The number of carbonyl (C=O) groups excluding carboxylic acids is 1. The molecule has 2 aliphatic rings. The fourth-order valence-corrected chi connectivity index (χ4v) is 4.62. The molecule has 29 heavy (non-hydrogen) atoms. The molecule has 154 valence electrons. The van der Waals surface area contributed by atoms with Crippen LogP contribution in [0.1, 0.15) is 23.2 Å². The van der Waals surface area contributed by atoms with E-state index in [-0.39, 0.29) is 35.2 Å². The Morgan fingerprint density at radius 1 is 1.17 bits per heavy atom. The second-order valence-corrected chi connectivity index (χ2v) is 8.14. The van der Waals surface area contributed by atoms with Crippen molar-refractivity contribution in [2.45, 2.75) is 25.0 Å². The molecule has 0 unspecified atom stereocenters. The Bertz CT molecular complexity index is 908. The molecule has 2 aromatic carbocycles. The van der Waals surface area contributed by atoms with Gasteiger partial charge < -0.3 is 19.5 Å². The number of amides is 1. The second kappa shape index (κ2) is 8.20. The van der Waals surface area contributed by atoms with Gasteiger partial charge in [-0.3, -0.25) is 4.79 Å². The van der Waals surface area contributed by atoms with E-state index in [9.17, 15) is 14.3 Å². The topological polar surface area (TPSA) is 59.0 Å². The summed E-state index contributed by atoms with van der Waals surface area (Å²) in [5.74, 6) is 0.215. The highest BCUT2D eigenvalue weighted by atomic mass is 35.5. The van der Waals surface area contributed by atoms with Crippen molar-refractivity contribution in [1.29, 1.82) is 0 Å². The smallest absolute Gasteiger partial charge is 0.260 e. The third kappa shape index (κ3) is 4.05. The molecule has 1 N–H and O–H groups in total. The van der Waals surface area contributed by atoms with Crippen molar-refractivity contribution in [3.63, 3.8) is 0 Å². The molecular formula is C22H23ClFNO4. The Morgan fingerprint density at radius 3 is 2.62 bits per heavy atom. The van der Waals surface area contributed by atoms with Crippen LogP contribution < -0.4 is 9.47 Å². The Morgan fingerprint density at radius 2 is 1.90 bits per heavy atom. The van der Waals surface area contributed by atoms with Gasteiger partial charge >= 0.3 is 0 Å². The lowest BCUT2D eigenvalue weighted by Crippen LogP contribution is -2.42. The maximum atomic E-state index is 14.3. The largest absolute Gasteiger partial charge is 0.496 e. The molecule has 4 atom stereocenters. The van der Waals surface area contributed by atoms with E-state index in [0.29, 0.717) is 36.7 Å². The van der Waals surface area contributed by atoms with Crippen molar-refractivity contribution < 1.29 is 23.8 Å². The molecule has 1 heterocycles. The quantitative estimate of drug-likeness (QED) is 0.819. The molecule has 2 aromatic rings. The average molecular weight is 420 g/mol. The number of hydrogen-bond acceptors (Lipinski definition) is 4. The molecule has 5 nitrogen and oxygen atoms in total. The van der Waals surface area contributed by atoms with Gasteiger partial charge in [-0.05, 0) is 55.0 Å². The minimum atomic E-state index is -0.631. The van der Waals surface area contributed by atoms with Crippen LogP contribution >= 0.6 is 11.6 Å². The van der Waals surface area contributed by atoms with Gasteiger partial charge in [-0.25, -0.2) is 4.39 Å². The van der Waals surface area contributed by atoms with Crippen LogP contribution in [0.25, 0.3) is 0 Å². The number of likely N-dealkylation sites (tertiary alicyclic amines) is 1. The van der Waals surface area contributed by atoms with Gasteiger partial charge in [0.05, 0.1) is 13.2 Å². The van der Waals surface area contributed by atoms with Crippen molar-refractivity contribution in [3.05, 3.63) is 58.9 Å². The van der Waals surface area contributed by atoms with E-state index in [4.69, 9.17) is 21.1 Å². The predicted octanol–water partition coefficient (Wildman–Crippen LogP) is 3.78. The number of rotatable bonds is 4. The van der Waals surface area contributed by atoms with E-state index in [1.165, 1.54) is 19.2 Å². The highest BCUT2D eigenvalue weighted by Gasteiger charge is 2.44. The molecule has 0 bridgehead atoms. The monoisotopic (exact) mass is 419 g/mol. The molecule has 1 aliphatic carbocycles. The van der Waals surface area contributed by atoms with Crippen LogP contribution in [0.5, 0.6) is 11.5 Å². The van der Waals surface area contributed by atoms with Gasteiger partial charge in [-0.15, -0.1) is 0 Å². The Kier molecular flexibility index (Phi) is 5.65. The molecule has 0 radical (unpaired) electrons. The van der Waals surface area contributed by atoms with Gasteiger partial charge in [0.25, 0.3) is 5.91 Å². The molecule has 0 spiro atoms. The lowest BCUT2D eigenvalue weighted by molar-refractivity contribution is -0.0231. The third-order valence-corrected chi connectivity index (χ3v) is 6.10. The van der Waals surface area contributed by atoms with E-state index in [1.54, 1.807) is 35.2 Å². The first kappa shape index (κ1) is 20.0. The second-order valence-electron chi connectivity index (χ2n) is 7.70. The Hall–Kier alpha value is -2.31. The minimum Gasteiger partial charge on any atom is -0.496 e. The number of fused-ring (bicyclic) bond motifs is 1. The van der Waals surface area contributed by atoms with Crippen molar-refractivity contribution in [1.82, 2.24) is 4.90 Å². The summed E-state index contributed by atoms with van der Waals surface area (Å²) in [5, 5.41) is 11.1. The summed E-state index contributed by atoms with van der Waals surface area (Å²) in [7, 11) is 1.42. The normalized spacial score (nSPS) is 26.1. The molecule has 4 rings (SSSR count). The first-order valence-electron chi connectivity index (χ1n) is 9.68. The van der Waals surface area contributed by atoms with Gasteiger partial charge in [-0.2, -0.15) is 0 Å². The van der Waals surface area contributed by atoms with Gasteiger partial charge in [0.1, 0.15) is 29.0 Å². The summed E-state index contributed by atoms with van der Waals surface area (Å²) in [6, 6.07) is 11.4. The molecule has 1 aliphatic heterocycles. The fourth-order valence-electron chi connectivity index (χ4n) is 4.44. The van der Waals surface area contributed by atoms with Gasteiger partial charge in [0, 0.05) is 18.1 Å². The number of methoxy groups -OCH3 is 1. The van der Waals surface area contributed by atoms with E-state index in [2.05, 4.69) is 0 Å². The molecule has 0 aromatic heterocycles. The number of aliphatic hydroxyl groups is 1. The van der Waals surface area contributed by atoms with Crippen LogP contribution in [-0.4, -0.2) is 48.3 Å². The Balaban J connectivity index is 1.47. The molecule has 1 saturated heterocycles. The van der Waals surface area contributed by atoms with Crippen molar-refractivity contribution in [2.24, 2.45) is 11.8 Å². The van der Waals surface area contributed by atoms with E-state index in [0.717, 1.165) is 0 Å². The molecule has 1 amide bonds. The average Bonchev–Trinajstić information content (AvgIpc) is 3.10. The number of aliphatic hydroxyl groups excluding tert-OH is 1. The van der Waals surface area contributed by atoms with Crippen LogP contribution in [-0.2, 0) is 0 Å². The zero-order valence-corrected chi connectivity index (χ0v) is 16.8. The number of halogens is 2. The van der Waals surface area contributed by atoms with Gasteiger partial charge in [0.15, 0.2) is 0 Å². The number of hydrogen-bond donors (Lipinski definition) is 1. The molecule has 2 fully saturated rings. The lowest BCUT2D eigenvalue weighted by atomic mass is 9.78. The summed E-state index contributed by atoms with van der Waals surface area (Å²) in [6.45, 7) is 0.991. The first-order valence-corrected chi connectivity index (χ1v) is 10.1. The fraction of sp³-hybridized carbons (Fsp3) is 0.409. The van der Waals surface area contributed by atoms with Crippen LogP contribution in [0.2, 0.25) is 5.02 Å². The summed E-state index contributed by atoms with van der Waals surface area (Å²) in [6.07, 6.45) is 0.158. The lowest BCUT2D eigenvalue weighted by Gasteiger charge is -2.35. The van der Waals surface area contributed by atoms with Gasteiger partial charge in [-0.1, -0.05) is 23.7 Å². The minimum absolute atomic E-state index is 0.0408. The van der Waals surface area contributed by atoms with Crippen LogP contribution in [0, 0.1) is 17.7 Å². The van der Waals surface area contributed by atoms with Crippen molar-refractivity contribution >= 4 is 17.5 Å². The zero-order chi connectivity index (χ0) is 20.5. The first-order chi connectivity index (χ1) is 14.0. The SMILES string of the molecule is COc1cccc(F)c1C(=O)N1C[C@H]2C[C@@H](Oc3cccc(Cl)c3)[C@H](O)C[C@H]2C1.